The molecule has 1 aliphatic rings. The van der Waals surface area contributed by atoms with Gasteiger partial charge >= 0.3 is 12.0 Å². The molecule has 0 aromatic heterocycles. The van der Waals surface area contributed by atoms with E-state index in [0.717, 1.165) is 18.4 Å². The minimum absolute atomic E-state index is 0.180. The maximum atomic E-state index is 12.1. The normalized spacial score (nSPS) is 18.3. The van der Waals surface area contributed by atoms with Gasteiger partial charge in [-0.15, -0.1) is 0 Å². The van der Waals surface area contributed by atoms with Gasteiger partial charge in [-0.2, -0.15) is 0 Å². The van der Waals surface area contributed by atoms with Gasteiger partial charge in [0.15, 0.2) is 0 Å². The molecule has 2 N–H and O–H groups in total. The van der Waals surface area contributed by atoms with Crippen LogP contribution in [0.25, 0.3) is 0 Å². The molecule has 0 radical (unpaired) electrons. The smallest absolute Gasteiger partial charge is 0.317 e. The summed E-state index contributed by atoms with van der Waals surface area (Å²) in [7, 11) is 0. The molecule has 2 amide bonds. The van der Waals surface area contributed by atoms with Gasteiger partial charge < -0.3 is 15.3 Å². The zero-order valence-corrected chi connectivity index (χ0v) is 12.3. The Balaban J connectivity index is 1.84. The van der Waals surface area contributed by atoms with Crippen LogP contribution in [0.3, 0.4) is 0 Å². The number of urea groups is 1. The second-order valence-corrected chi connectivity index (χ2v) is 5.45. The van der Waals surface area contributed by atoms with Crippen LogP contribution in [0.2, 0.25) is 0 Å². The number of carboxylic acid groups (broad SMARTS) is 1. The molecule has 0 saturated carbocycles. The molecule has 21 heavy (non-hydrogen) atoms. The molecule has 1 heterocycles. The van der Waals surface area contributed by atoms with Crippen molar-refractivity contribution in [1.29, 1.82) is 0 Å². The third-order valence-corrected chi connectivity index (χ3v) is 3.93. The van der Waals surface area contributed by atoms with Crippen molar-refractivity contribution in [3.05, 3.63) is 35.4 Å². The van der Waals surface area contributed by atoms with E-state index in [9.17, 15) is 9.59 Å². The molecule has 5 nitrogen and oxygen atoms in total. The van der Waals surface area contributed by atoms with Crippen LogP contribution in [0.15, 0.2) is 24.3 Å². The lowest BCUT2D eigenvalue weighted by atomic mass is 9.99. The van der Waals surface area contributed by atoms with E-state index in [1.165, 1.54) is 5.56 Å². The van der Waals surface area contributed by atoms with Crippen molar-refractivity contribution in [2.24, 2.45) is 5.92 Å². The number of likely N-dealkylation sites (tertiary alicyclic amines) is 1. The van der Waals surface area contributed by atoms with Gasteiger partial charge in [0, 0.05) is 19.6 Å². The largest absolute Gasteiger partial charge is 0.481 e. The van der Waals surface area contributed by atoms with Gasteiger partial charge in [0.1, 0.15) is 0 Å². The number of hydrogen-bond donors (Lipinski definition) is 2. The van der Waals surface area contributed by atoms with Crippen LogP contribution in [0.1, 0.15) is 30.9 Å². The fourth-order valence-corrected chi connectivity index (χ4v) is 2.55. The molecule has 1 unspecified atom stereocenters. The molecule has 1 atom stereocenters. The van der Waals surface area contributed by atoms with E-state index in [-0.39, 0.29) is 6.03 Å². The highest BCUT2D eigenvalue weighted by atomic mass is 16.4. The molecule has 1 saturated heterocycles. The summed E-state index contributed by atoms with van der Waals surface area (Å²) in [4.78, 5) is 24.7. The van der Waals surface area contributed by atoms with Crippen molar-refractivity contribution >= 4 is 12.0 Å². The lowest BCUT2D eigenvalue weighted by Crippen LogP contribution is -2.46. The number of amides is 2. The van der Waals surface area contributed by atoms with E-state index in [2.05, 4.69) is 24.4 Å². The zero-order chi connectivity index (χ0) is 15.2. The van der Waals surface area contributed by atoms with Crippen LogP contribution >= 0.6 is 0 Å². The fourth-order valence-electron chi connectivity index (χ4n) is 2.55. The highest BCUT2D eigenvalue weighted by Gasteiger charge is 2.27. The summed E-state index contributed by atoms with van der Waals surface area (Å²) in [5.41, 5.74) is 2.32. The number of nitrogens with one attached hydrogen (secondary N) is 1. The van der Waals surface area contributed by atoms with E-state index in [1.54, 1.807) is 4.90 Å². The number of nitrogens with zero attached hydrogens (tertiary/aromatic N) is 1. The number of aryl methyl sites for hydroxylation is 1. The maximum absolute atomic E-state index is 12.1. The number of piperidine rings is 1. The Morgan fingerprint density at radius 3 is 2.57 bits per heavy atom. The van der Waals surface area contributed by atoms with Crippen molar-refractivity contribution < 1.29 is 14.7 Å². The molecule has 1 aromatic carbocycles. The molecule has 1 fully saturated rings. The van der Waals surface area contributed by atoms with E-state index >= 15 is 0 Å². The zero-order valence-electron chi connectivity index (χ0n) is 12.3. The van der Waals surface area contributed by atoms with E-state index in [1.807, 2.05) is 12.1 Å². The van der Waals surface area contributed by atoms with Gasteiger partial charge in [-0.1, -0.05) is 31.2 Å². The first-order valence-electron chi connectivity index (χ1n) is 7.43. The topological polar surface area (TPSA) is 69.6 Å². The van der Waals surface area contributed by atoms with Gasteiger partial charge in [-0.05, 0) is 30.4 Å². The first kappa shape index (κ1) is 15.4. The van der Waals surface area contributed by atoms with Gasteiger partial charge in [0.25, 0.3) is 0 Å². The molecule has 1 aromatic rings. The van der Waals surface area contributed by atoms with Crippen LogP contribution in [0, 0.1) is 5.92 Å². The minimum atomic E-state index is -0.817. The lowest BCUT2D eigenvalue weighted by Gasteiger charge is -2.30. The predicted octanol–water partition coefficient (Wildman–Crippen LogP) is 2.26. The van der Waals surface area contributed by atoms with E-state index in [4.69, 9.17) is 5.11 Å². The van der Waals surface area contributed by atoms with Crippen LogP contribution < -0.4 is 5.32 Å². The monoisotopic (exact) mass is 290 g/mol. The van der Waals surface area contributed by atoms with Crippen molar-refractivity contribution in [2.75, 3.05) is 13.1 Å². The third kappa shape index (κ3) is 4.21. The summed E-state index contributed by atoms with van der Waals surface area (Å²) in [5, 5.41) is 11.9. The molecule has 114 valence electrons. The molecular weight excluding hydrogens is 268 g/mol. The Morgan fingerprint density at radius 1 is 1.29 bits per heavy atom. The van der Waals surface area contributed by atoms with Crippen LogP contribution in [0.5, 0.6) is 0 Å². The molecule has 0 spiro atoms. The Kier molecular flexibility index (Phi) is 5.20. The van der Waals surface area contributed by atoms with Gasteiger partial charge in [0.2, 0.25) is 0 Å². The molecular formula is C16H22N2O3. The van der Waals surface area contributed by atoms with Crippen molar-refractivity contribution in [3.8, 4) is 0 Å². The molecule has 5 heteroatoms. The van der Waals surface area contributed by atoms with E-state index < -0.39 is 11.9 Å². The average molecular weight is 290 g/mol. The van der Waals surface area contributed by atoms with E-state index in [0.29, 0.717) is 26.1 Å². The summed E-state index contributed by atoms with van der Waals surface area (Å²) >= 11 is 0. The molecule has 1 aliphatic heterocycles. The highest BCUT2D eigenvalue weighted by molar-refractivity contribution is 5.76. The van der Waals surface area contributed by atoms with Crippen molar-refractivity contribution in [2.45, 2.75) is 32.7 Å². The Morgan fingerprint density at radius 2 is 1.95 bits per heavy atom. The van der Waals surface area contributed by atoms with Crippen molar-refractivity contribution in [1.82, 2.24) is 10.2 Å². The van der Waals surface area contributed by atoms with Gasteiger partial charge in [-0.25, -0.2) is 4.79 Å². The third-order valence-electron chi connectivity index (χ3n) is 3.93. The Labute approximate surface area is 125 Å². The van der Waals surface area contributed by atoms with Crippen LogP contribution in [0.4, 0.5) is 4.79 Å². The quantitative estimate of drug-likeness (QED) is 0.893. The fraction of sp³-hybridized carbons (Fsp3) is 0.500. The highest BCUT2D eigenvalue weighted by Crippen LogP contribution is 2.16. The number of carbonyl (C=O) groups is 2. The number of aliphatic carboxylic acids is 1. The Bertz CT molecular complexity index is 499. The number of benzene rings is 1. The lowest BCUT2D eigenvalue weighted by molar-refractivity contribution is -0.143. The SMILES string of the molecule is CCc1ccc(CNC(=O)N2CCCC(C(=O)O)C2)cc1. The summed E-state index contributed by atoms with van der Waals surface area (Å²) < 4.78 is 0. The number of hydrogen-bond acceptors (Lipinski definition) is 2. The standard InChI is InChI=1S/C16H22N2O3/c1-2-12-5-7-13(8-6-12)10-17-16(21)18-9-3-4-14(11-18)15(19)20/h5-8,14H,2-4,9-11H2,1H3,(H,17,21)(H,19,20). The minimum Gasteiger partial charge on any atom is -0.481 e. The van der Waals surface area contributed by atoms with Crippen LogP contribution in [-0.2, 0) is 17.8 Å². The van der Waals surface area contributed by atoms with Gasteiger partial charge in [0.05, 0.1) is 5.92 Å². The average Bonchev–Trinajstić information content (AvgIpc) is 2.53. The summed E-state index contributed by atoms with van der Waals surface area (Å²) in [6.45, 7) is 3.50. The first-order valence-corrected chi connectivity index (χ1v) is 7.43. The second-order valence-electron chi connectivity index (χ2n) is 5.45. The first-order chi connectivity index (χ1) is 10.1. The van der Waals surface area contributed by atoms with Crippen molar-refractivity contribution in [3.63, 3.8) is 0 Å². The maximum Gasteiger partial charge on any atom is 0.317 e. The number of carbonyl (C=O) groups excluding carboxylic acids is 1. The predicted molar refractivity (Wildman–Crippen MR) is 80.0 cm³/mol. The number of rotatable bonds is 4. The molecule has 0 bridgehead atoms. The van der Waals surface area contributed by atoms with Gasteiger partial charge in [-0.3, -0.25) is 4.79 Å². The number of carboxylic acids is 1. The second kappa shape index (κ2) is 7.11. The summed E-state index contributed by atoms with van der Waals surface area (Å²) in [6, 6.07) is 7.96. The summed E-state index contributed by atoms with van der Waals surface area (Å²) in [6.07, 6.45) is 2.39. The van der Waals surface area contributed by atoms with Crippen LogP contribution in [-0.4, -0.2) is 35.1 Å². The summed E-state index contributed by atoms with van der Waals surface area (Å²) in [5.74, 6) is -1.25. The molecule has 0 aliphatic carbocycles. The molecule has 2 rings (SSSR count). The Hall–Kier alpha value is -2.04.